The minimum atomic E-state index is -0.785. The molecule has 78 valence electrons. The summed E-state index contributed by atoms with van der Waals surface area (Å²) in [6.07, 6.45) is 0.353. The molecule has 4 heteroatoms. The van der Waals surface area contributed by atoms with Crippen LogP contribution >= 0.6 is 0 Å². The maximum absolute atomic E-state index is 9.53. The van der Waals surface area contributed by atoms with Gasteiger partial charge in [0.2, 0.25) is 0 Å². The summed E-state index contributed by atoms with van der Waals surface area (Å²) in [5, 5.41) is 27.4. The molecule has 0 saturated carbocycles. The molecule has 0 radical (unpaired) electrons. The van der Waals surface area contributed by atoms with Gasteiger partial charge < -0.3 is 21.1 Å². The highest BCUT2D eigenvalue weighted by molar-refractivity contribution is 5.42. The van der Waals surface area contributed by atoms with Crippen LogP contribution in [-0.4, -0.2) is 21.9 Å². The number of aliphatic hydroxyl groups excluding tert-OH is 1. The van der Waals surface area contributed by atoms with Crippen molar-refractivity contribution in [3.05, 3.63) is 23.8 Å². The molecule has 0 unspecified atom stereocenters. The van der Waals surface area contributed by atoms with E-state index in [0.717, 1.165) is 0 Å². The molecule has 1 rings (SSSR count). The quantitative estimate of drug-likeness (QED) is 0.573. The van der Waals surface area contributed by atoms with Crippen LogP contribution in [0.25, 0.3) is 0 Å². The first-order valence-corrected chi connectivity index (χ1v) is 4.39. The van der Waals surface area contributed by atoms with Crippen molar-refractivity contribution in [2.24, 2.45) is 5.73 Å². The third kappa shape index (κ3) is 2.16. The van der Waals surface area contributed by atoms with Crippen LogP contribution in [0, 0.1) is 0 Å². The van der Waals surface area contributed by atoms with Crippen molar-refractivity contribution >= 4 is 0 Å². The molecule has 1 aromatic carbocycles. The van der Waals surface area contributed by atoms with E-state index in [1.54, 1.807) is 13.0 Å². The first-order chi connectivity index (χ1) is 6.47. The van der Waals surface area contributed by atoms with Crippen molar-refractivity contribution < 1.29 is 15.3 Å². The van der Waals surface area contributed by atoms with Gasteiger partial charge in [-0.05, 0) is 25.5 Å². The molecule has 0 aliphatic rings. The Labute approximate surface area is 82.6 Å². The van der Waals surface area contributed by atoms with E-state index in [-0.39, 0.29) is 18.1 Å². The molecular formula is C10H15NO3. The third-order valence-corrected chi connectivity index (χ3v) is 2.23. The Morgan fingerprint density at radius 1 is 1.36 bits per heavy atom. The van der Waals surface area contributed by atoms with Gasteiger partial charge >= 0.3 is 0 Å². The van der Waals surface area contributed by atoms with Crippen molar-refractivity contribution in [1.29, 1.82) is 0 Å². The Hall–Kier alpha value is -1.26. The fraction of sp³-hybridized carbons (Fsp3) is 0.400. The minimum absolute atomic E-state index is 0.00829. The summed E-state index contributed by atoms with van der Waals surface area (Å²) in [7, 11) is 0. The first-order valence-electron chi connectivity index (χ1n) is 4.39. The van der Waals surface area contributed by atoms with E-state index >= 15 is 0 Å². The Morgan fingerprint density at radius 2 is 2.00 bits per heavy atom. The molecule has 0 bridgehead atoms. The second kappa shape index (κ2) is 3.86. The number of aliphatic hydroxyl groups is 1. The lowest BCUT2D eigenvalue weighted by Gasteiger charge is -2.25. The van der Waals surface area contributed by atoms with Crippen LogP contribution in [0.5, 0.6) is 11.5 Å². The summed E-state index contributed by atoms with van der Waals surface area (Å²) in [6.45, 7) is 1.67. The Bertz CT molecular complexity index is 323. The molecule has 4 nitrogen and oxygen atoms in total. The maximum Gasteiger partial charge on any atom is 0.124 e. The monoisotopic (exact) mass is 197 g/mol. The van der Waals surface area contributed by atoms with Crippen molar-refractivity contribution in [3.63, 3.8) is 0 Å². The number of hydrogen-bond acceptors (Lipinski definition) is 4. The van der Waals surface area contributed by atoms with Crippen LogP contribution in [0.15, 0.2) is 18.2 Å². The van der Waals surface area contributed by atoms with E-state index in [1.807, 2.05) is 0 Å². The third-order valence-electron chi connectivity index (χ3n) is 2.23. The van der Waals surface area contributed by atoms with Crippen molar-refractivity contribution in [3.8, 4) is 11.5 Å². The van der Waals surface area contributed by atoms with Crippen LogP contribution in [0.2, 0.25) is 0 Å². The fourth-order valence-corrected chi connectivity index (χ4v) is 1.37. The molecule has 0 aromatic heterocycles. The van der Waals surface area contributed by atoms with E-state index in [4.69, 9.17) is 15.9 Å². The average Bonchev–Trinajstić information content (AvgIpc) is 2.02. The van der Waals surface area contributed by atoms with Gasteiger partial charge in [0.1, 0.15) is 11.5 Å². The van der Waals surface area contributed by atoms with Crippen LogP contribution < -0.4 is 5.73 Å². The van der Waals surface area contributed by atoms with Crippen LogP contribution in [-0.2, 0) is 5.54 Å². The number of phenols is 2. The van der Waals surface area contributed by atoms with E-state index < -0.39 is 5.54 Å². The van der Waals surface area contributed by atoms with E-state index in [1.165, 1.54) is 12.1 Å². The predicted octanol–water partition coefficient (Wildman–Crippen LogP) is 0.654. The molecule has 0 aliphatic carbocycles. The zero-order chi connectivity index (χ0) is 10.8. The zero-order valence-electron chi connectivity index (χ0n) is 8.07. The summed E-state index contributed by atoms with van der Waals surface area (Å²) >= 11 is 0. The highest BCUT2D eigenvalue weighted by atomic mass is 16.3. The normalized spacial score (nSPS) is 15.1. The Kier molecular flexibility index (Phi) is 2.98. The summed E-state index contributed by atoms with van der Waals surface area (Å²) < 4.78 is 0. The summed E-state index contributed by atoms with van der Waals surface area (Å²) in [6, 6.07) is 4.25. The lowest BCUT2D eigenvalue weighted by molar-refractivity contribution is 0.245. The summed E-state index contributed by atoms with van der Waals surface area (Å²) in [5.74, 6) is -0.0606. The molecule has 0 heterocycles. The highest BCUT2D eigenvalue weighted by Gasteiger charge is 2.23. The molecule has 1 atom stereocenters. The van der Waals surface area contributed by atoms with Crippen molar-refractivity contribution in [1.82, 2.24) is 0 Å². The van der Waals surface area contributed by atoms with Crippen LogP contribution in [0.4, 0.5) is 0 Å². The molecule has 0 saturated heterocycles. The van der Waals surface area contributed by atoms with Crippen molar-refractivity contribution in [2.75, 3.05) is 6.61 Å². The molecule has 0 aliphatic heterocycles. The largest absolute Gasteiger partial charge is 0.508 e. The lowest BCUT2D eigenvalue weighted by Crippen LogP contribution is -2.34. The van der Waals surface area contributed by atoms with Gasteiger partial charge in [-0.15, -0.1) is 0 Å². The first kappa shape index (κ1) is 10.8. The van der Waals surface area contributed by atoms with Gasteiger partial charge in [-0.25, -0.2) is 0 Å². The molecule has 0 spiro atoms. The molecule has 5 N–H and O–H groups in total. The number of phenolic OH excluding ortho intramolecular Hbond substituents is 2. The minimum Gasteiger partial charge on any atom is -0.508 e. The van der Waals surface area contributed by atoms with Gasteiger partial charge in [-0.2, -0.15) is 0 Å². The van der Waals surface area contributed by atoms with Crippen molar-refractivity contribution in [2.45, 2.75) is 18.9 Å². The average molecular weight is 197 g/mol. The van der Waals surface area contributed by atoms with Gasteiger partial charge in [-0.1, -0.05) is 0 Å². The molecule has 0 amide bonds. The lowest BCUT2D eigenvalue weighted by atomic mass is 9.89. The van der Waals surface area contributed by atoms with E-state index in [9.17, 15) is 5.11 Å². The number of nitrogens with two attached hydrogens (primary N) is 1. The number of hydrogen-bond donors (Lipinski definition) is 4. The molecule has 14 heavy (non-hydrogen) atoms. The van der Waals surface area contributed by atoms with Gasteiger partial charge in [0.05, 0.1) is 0 Å². The number of benzene rings is 1. The van der Waals surface area contributed by atoms with Gasteiger partial charge in [-0.3, -0.25) is 0 Å². The molecular weight excluding hydrogens is 182 g/mol. The zero-order valence-corrected chi connectivity index (χ0v) is 8.07. The van der Waals surface area contributed by atoms with E-state index in [0.29, 0.717) is 12.0 Å². The number of rotatable bonds is 3. The SMILES string of the molecule is C[C@@](N)(CCO)c1ccc(O)cc1O. The van der Waals surface area contributed by atoms with Gasteiger partial charge in [0.25, 0.3) is 0 Å². The smallest absolute Gasteiger partial charge is 0.124 e. The summed E-state index contributed by atoms with van der Waals surface area (Å²) in [4.78, 5) is 0. The Balaban J connectivity index is 3.06. The van der Waals surface area contributed by atoms with Gasteiger partial charge in [0.15, 0.2) is 0 Å². The maximum atomic E-state index is 9.53. The topological polar surface area (TPSA) is 86.7 Å². The fourth-order valence-electron chi connectivity index (χ4n) is 1.37. The second-order valence-electron chi connectivity index (χ2n) is 3.59. The van der Waals surface area contributed by atoms with E-state index in [2.05, 4.69) is 0 Å². The second-order valence-corrected chi connectivity index (χ2v) is 3.59. The number of aromatic hydroxyl groups is 2. The van der Waals surface area contributed by atoms with Crippen LogP contribution in [0.1, 0.15) is 18.9 Å². The highest BCUT2D eigenvalue weighted by Crippen LogP contribution is 2.31. The van der Waals surface area contributed by atoms with Gasteiger partial charge in [0, 0.05) is 23.8 Å². The summed E-state index contributed by atoms with van der Waals surface area (Å²) in [5.41, 5.74) is 5.63. The standard InChI is InChI=1S/C10H15NO3/c1-10(11,4-5-12)8-3-2-7(13)6-9(8)14/h2-3,6,12-14H,4-5,11H2,1H3/t10-/m1/s1. The molecule has 0 fully saturated rings. The molecule has 1 aromatic rings. The van der Waals surface area contributed by atoms with Crippen LogP contribution in [0.3, 0.4) is 0 Å². The Morgan fingerprint density at radius 3 is 2.50 bits per heavy atom. The predicted molar refractivity (Wildman–Crippen MR) is 53.0 cm³/mol.